The van der Waals surface area contributed by atoms with Gasteiger partial charge in [-0.25, -0.2) is 15.0 Å². The smallest absolute Gasteiger partial charge is 0.164 e. The van der Waals surface area contributed by atoms with Gasteiger partial charge >= 0.3 is 0 Å². The standard InChI is InChI=1S/C41H28N4O/c1-41(2)31-20-12-22-42-37(31)35-30(24-33-34(36(35)41)29-19-9-10-21-32(29)46-33)27-17-11-18-28(23-27)40-44-38(25-13-5-3-6-14-25)43-39(45-40)26-15-7-4-8-16-26/h3-24H,1-2H3. The summed E-state index contributed by atoms with van der Waals surface area (Å²) in [6.07, 6.45) is 1.89. The molecule has 218 valence electrons. The van der Waals surface area contributed by atoms with Gasteiger partial charge in [-0.05, 0) is 46.5 Å². The number of aromatic nitrogens is 4. The van der Waals surface area contributed by atoms with Crippen LogP contribution in [0.4, 0.5) is 0 Å². The molecule has 5 nitrogen and oxygen atoms in total. The third-order valence-electron chi connectivity index (χ3n) is 9.14. The Bertz CT molecular complexity index is 2390. The SMILES string of the molecule is CC1(C)c2cccnc2-c2c(-c3cccc(-c4nc(-c5ccccc5)nc(-c5ccccc5)n4)c3)cc3oc4ccccc4c3c21. The zero-order valence-electron chi connectivity index (χ0n) is 25.4. The molecular weight excluding hydrogens is 564 g/mol. The Labute approximate surface area is 266 Å². The van der Waals surface area contributed by atoms with E-state index in [9.17, 15) is 0 Å². The van der Waals surface area contributed by atoms with E-state index in [0.29, 0.717) is 17.5 Å². The lowest BCUT2D eigenvalue weighted by molar-refractivity contribution is 0.656. The van der Waals surface area contributed by atoms with E-state index in [-0.39, 0.29) is 5.41 Å². The number of hydrogen-bond acceptors (Lipinski definition) is 5. The largest absolute Gasteiger partial charge is 0.456 e. The molecule has 0 radical (unpaired) electrons. The molecule has 5 heteroatoms. The molecule has 0 saturated carbocycles. The van der Waals surface area contributed by atoms with E-state index < -0.39 is 0 Å². The highest BCUT2D eigenvalue weighted by atomic mass is 16.3. The summed E-state index contributed by atoms with van der Waals surface area (Å²) in [6.45, 7) is 4.59. The molecule has 0 amide bonds. The van der Waals surface area contributed by atoms with Gasteiger partial charge in [0, 0.05) is 44.6 Å². The molecule has 9 rings (SSSR count). The predicted molar refractivity (Wildman–Crippen MR) is 184 cm³/mol. The molecule has 0 fully saturated rings. The number of fused-ring (bicyclic) bond motifs is 7. The normalized spacial score (nSPS) is 13.2. The van der Waals surface area contributed by atoms with Crippen LogP contribution in [0.3, 0.4) is 0 Å². The summed E-state index contributed by atoms with van der Waals surface area (Å²) >= 11 is 0. The molecule has 0 bridgehead atoms. The molecule has 0 saturated heterocycles. The van der Waals surface area contributed by atoms with Gasteiger partial charge in [0.25, 0.3) is 0 Å². The molecule has 8 aromatic rings. The zero-order chi connectivity index (χ0) is 30.8. The Morgan fingerprint density at radius 3 is 1.87 bits per heavy atom. The van der Waals surface area contributed by atoms with Crippen molar-refractivity contribution in [3.8, 4) is 56.5 Å². The van der Waals surface area contributed by atoms with Crippen molar-refractivity contribution in [1.29, 1.82) is 0 Å². The van der Waals surface area contributed by atoms with E-state index in [0.717, 1.165) is 61.0 Å². The number of benzene rings is 5. The minimum atomic E-state index is -0.263. The number of hydrogen-bond donors (Lipinski definition) is 0. The quantitative estimate of drug-likeness (QED) is 0.203. The second-order valence-electron chi connectivity index (χ2n) is 12.3. The molecule has 1 aliphatic carbocycles. The summed E-state index contributed by atoms with van der Waals surface area (Å²) in [5, 5.41) is 2.29. The van der Waals surface area contributed by atoms with E-state index in [2.05, 4.69) is 62.4 Å². The zero-order valence-corrected chi connectivity index (χ0v) is 25.4. The van der Waals surface area contributed by atoms with E-state index in [1.54, 1.807) is 0 Å². The first-order chi connectivity index (χ1) is 22.6. The van der Waals surface area contributed by atoms with Crippen molar-refractivity contribution in [1.82, 2.24) is 19.9 Å². The van der Waals surface area contributed by atoms with Crippen molar-refractivity contribution in [2.24, 2.45) is 0 Å². The molecule has 3 aromatic heterocycles. The monoisotopic (exact) mass is 592 g/mol. The van der Waals surface area contributed by atoms with Gasteiger partial charge in [0.2, 0.25) is 0 Å². The summed E-state index contributed by atoms with van der Waals surface area (Å²) in [4.78, 5) is 19.8. The Morgan fingerprint density at radius 2 is 1.15 bits per heavy atom. The molecule has 0 unspecified atom stereocenters. The van der Waals surface area contributed by atoms with Crippen LogP contribution in [-0.2, 0) is 5.41 Å². The van der Waals surface area contributed by atoms with Crippen molar-refractivity contribution >= 4 is 21.9 Å². The van der Waals surface area contributed by atoms with E-state index in [1.807, 2.05) is 85.1 Å². The van der Waals surface area contributed by atoms with Crippen LogP contribution in [0.1, 0.15) is 25.0 Å². The molecule has 0 N–H and O–H groups in total. The van der Waals surface area contributed by atoms with Crippen LogP contribution in [0, 0.1) is 0 Å². The maximum atomic E-state index is 6.52. The van der Waals surface area contributed by atoms with Crippen LogP contribution in [0.5, 0.6) is 0 Å². The van der Waals surface area contributed by atoms with Gasteiger partial charge in [-0.2, -0.15) is 0 Å². The topological polar surface area (TPSA) is 64.7 Å². The van der Waals surface area contributed by atoms with Gasteiger partial charge in [-0.1, -0.05) is 117 Å². The fourth-order valence-electron chi connectivity index (χ4n) is 6.99. The van der Waals surface area contributed by atoms with Crippen molar-refractivity contribution in [3.05, 3.63) is 145 Å². The summed E-state index contributed by atoms with van der Waals surface area (Å²) in [5.41, 5.74) is 11.1. The van der Waals surface area contributed by atoms with Crippen LogP contribution in [0.25, 0.3) is 78.5 Å². The predicted octanol–water partition coefficient (Wildman–Crippen LogP) is 10.1. The van der Waals surface area contributed by atoms with Crippen molar-refractivity contribution in [3.63, 3.8) is 0 Å². The van der Waals surface area contributed by atoms with E-state index >= 15 is 0 Å². The van der Waals surface area contributed by atoms with Crippen LogP contribution in [-0.4, -0.2) is 19.9 Å². The average molecular weight is 593 g/mol. The number of pyridine rings is 1. The Morgan fingerprint density at radius 1 is 0.543 bits per heavy atom. The fraction of sp³-hybridized carbons (Fsp3) is 0.0732. The van der Waals surface area contributed by atoms with E-state index in [1.165, 1.54) is 11.1 Å². The van der Waals surface area contributed by atoms with Gasteiger partial charge in [-0.3, -0.25) is 4.98 Å². The lowest BCUT2D eigenvalue weighted by atomic mass is 9.79. The van der Waals surface area contributed by atoms with E-state index in [4.69, 9.17) is 24.4 Å². The first kappa shape index (κ1) is 26.5. The molecule has 0 spiro atoms. The Kier molecular flexibility index (Phi) is 5.78. The van der Waals surface area contributed by atoms with Crippen LogP contribution < -0.4 is 0 Å². The van der Waals surface area contributed by atoms with Crippen LogP contribution >= 0.6 is 0 Å². The van der Waals surface area contributed by atoms with Crippen LogP contribution in [0.2, 0.25) is 0 Å². The molecule has 1 aliphatic rings. The first-order valence-electron chi connectivity index (χ1n) is 15.5. The summed E-state index contributed by atoms with van der Waals surface area (Å²) in [7, 11) is 0. The molecule has 5 aromatic carbocycles. The molecule has 0 atom stereocenters. The molecule has 0 aliphatic heterocycles. The highest BCUT2D eigenvalue weighted by Gasteiger charge is 2.40. The van der Waals surface area contributed by atoms with Gasteiger partial charge in [0.1, 0.15) is 11.2 Å². The average Bonchev–Trinajstić information content (AvgIpc) is 3.60. The maximum absolute atomic E-state index is 6.52. The minimum absolute atomic E-state index is 0.263. The number of para-hydroxylation sites is 1. The summed E-state index contributed by atoms with van der Waals surface area (Å²) < 4.78 is 6.52. The summed E-state index contributed by atoms with van der Waals surface area (Å²) in [6, 6.07) is 43.3. The Balaban J connectivity index is 1.29. The molecular formula is C41H28N4O. The van der Waals surface area contributed by atoms with Crippen LogP contribution in [0.15, 0.2) is 138 Å². The Hall–Kier alpha value is -5.94. The fourth-order valence-corrected chi connectivity index (χ4v) is 6.99. The number of rotatable bonds is 4. The summed E-state index contributed by atoms with van der Waals surface area (Å²) in [5.74, 6) is 1.90. The minimum Gasteiger partial charge on any atom is -0.456 e. The number of furan rings is 1. The first-order valence-corrected chi connectivity index (χ1v) is 15.5. The van der Waals surface area contributed by atoms with Gasteiger partial charge in [0.05, 0.1) is 5.69 Å². The van der Waals surface area contributed by atoms with Crippen molar-refractivity contribution < 1.29 is 4.42 Å². The van der Waals surface area contributed by atoms with Crippen molar-refractivity contribution in [2.75, 3.05) is 0 Å². The van der Waals surface area contributed by atoms with Gasteiger partial charge < -0.3 is 4.42 Å². The lowest BCUT2D eigenvalue weighted by Gasteiger charge is -2.22. The highest BCUT2D eigenvalue weighted by molar-refractivity contribution is 6.13. The number of nitrogens with zero attached hydrogens (tertiary/aromatic N) is 4. The van der Waals surface area contributed by atoms with Gasteiger partial charge in [0.15, 0.2) is 17.5 Å². The third-order valence-corrected chi connectivity index (χ3v) is 9.14. The third kappa shape index (κ3) is 4.02. The maximum Gasteiger partial charge on any atom is 0.164 e. The van der Waals surface area contributed by atoms with Gasteiger partial charge in [-0.15, -0.1) is 0 Å². The second-order valence-corrected chi connectivity index (χ2v) is 12.3. The highest BCUT2D eigenvalue weighted by Crippen LogP contribution is 2.55. The molecule has 3 heterocycles. The molecule has 46 heavy (non-hydrogen) atoms. The second kappa shape index (κ2) is 10.0. The van der Waals surface area contributed by atoms with Crippen molar-refractivity contribution in [2.45, 2.75) is 19.3 Å². The lowest BCUT2D eigenvalue weighted by Crippen LogP contribution is -2.15.